The summed E-state index contributed by atoms with van der Waals surface area (Å²) in [4.78, 5) is 47.1. The van der Waals surface area contributed by atoms with Gasteiger partial charge in [-0.1, -0.05) is 12.1 Å². The van der Waals surface area contributed by atoms with Crippen molar-refractivity contribution in [3.05, 3.63) is 35.6 Å². The molecule has 2 N–H and O–H groups in total. The number of hydrogen-bond acceptors (Lipinski definition) is 6. The molecule has 33 heavy (non-hydrogen) atoms. The number of esters is 1. The van der Waals surface area contributed by atoms with Gasteiger partial charge in [0.05, 0.1) is 12.5 Å². The smallest absolute Gasteiger partial charge is 0.414 e. The van der Waals surface area contributed by atoms with Gasteiger partial charge in [0.1, 0.15) is 5.82 Å². The monoisotopic (exact) mass is 466 g/mol. The number of rotatable bonds is 5. The van der Waals surface area contributed by atoms with Gasteiger partial charge < -0.3 is 19.8 Å². The Balaban J connectivity index is 0.000000569. The second-order valence-corrected chi connectivity index (χ2v) is 8.14. The highest BCUT2D eigenvalue weighted by molar-refractivity contribution is 6.27. The number of benzene rings is 1. The van der Waals surface area contributed by atoms with Crippen LogP contribution in [0.3, 0.4) is 0 Å². The van der Waals surface area contributed by atoms with Gasteiger partial charge in [-0.3, -0.25) is 14.5 Å². The van der Waals surface area contributed by atoms with Gasteiger partial charge in [-0.25, -0.2) is 14.0 Å². The molecule has 2 aliphatic heterocycles. The van der Waals surface area contributed by atoms with Crippen LogP contribution in [0.5, 0.6) is 0 Å². The standard InChI is InChI=1S/C21H29FN2O3.C2H2O4/c1-2-27-21(26)18-9-13-24(14-10-18)20(25)17-7-11-23(12-8-17)15-16-3-5-19(22)6-4-16;3-1(4)2(5)6/h3-6,17-18H,2,7-15H2,1H3;(H,3,4)(H,5,6). The van der Waals surface area contributed by atoms with Crippen LogP contribution in [-0.2, 0) is 30.5 Å². The molecule has 3 rings (SSSR count). The molecule has 0 bridgehead atoms. The molecule has 182 valence electrons. The molecular weight excluding hydrogens is 435 g/mol. The predicted molar refractivity (Wildman–Crippen MR) is 116 cm³/mol. The number of amides is 1. The third kappa shape index (κ3) is 8.45. The number of piperidine rings is 2. The molecule has 9 nitrogen and oxygen atoms in total. The summed E-state index contributed by atoms with van der Waals surface area (Å²) in [6.45, 7) is 6.09. The SMILES string of the molecule is CCOC(=O)C1CCN(C(=O)C2CCN(Cc3ccc(F)cc3)CC2)CC1.O=C(O)C(=O)O. The number of carbonyl (C=O) groups is 4. The van der Waals surface area contributed by atoms with Crippen LogP contribution in [0.15, 0.2) is 24.3 Å². The molecule has 2 aliphatic rings. The third-order valence-electron chi connectivity index (χ3n) is 5.87. The lowest BCUT2D eigenvalue weighted by Gasteiger charge is -2.36. The zero-order valence-electron chi connectivity index (χ0n) is 18.7. The lowest BCUT2D eigenvalue weighted by molar-refractivity contribution is -0.159. The Morgan fingerprint density at radius 1 is 0.909 bits per heavy atom. The lowest BCUT2D eigenvalue weighted by Crippen LogP contribution is -2.46. The molecule has 2 fully saturated rings. The Bertz CT molecular complexity index is 803. The van der Waals surface area contributed by atoms with E-state index in [1.807, 2.05) is 24.0 Å². The van der Waals surface area contributed by atoms with Crippen LogP contribution in [0, 0.1) is 17.7 Å². The Hall–Kier alpha value is -3.01. The number of hydrogen-bond donors (Lipinski definition) is 2. The highest BCUT2D eigenvalue weighted by Gasteiger charge is 2.33. The highest BCUT2D eigenvalue weighted by atomic mass is 19.1. The molecule has 0 radical (unpaired) electrons. The maximum atomic E-state index is 13.0. The van der Waals surface area contributed by atoms with E-state index in [0.29, 0.717) is 32.5 Å². The fourth-order valence-corrected chi connectivity index (χ4v) is 4.04. The Labute approximate surface area is 192 Å². The highest BCUT2D eigenvalue weighted by Crippen LogP contribution is 2.25. The van der Waals surface area contributed by atoms with Crippen molar-refractivity contribution < 1.29 is 38.5 Å². The van der Waals surface area contributed by atoms with Crippen molar-refractivity contribution in [1.82, 2.24) is 9.80 Å². The van der Waals surface area contributed by atoms with Crippen molar-refractivity contribution in [2.45, 2.75) is 39.2 Å². The van der Waals surface area contributed by atoms with E-state index in [1.165, 1.54) is 12.1 Å². The maximum Gasteiger partial charge on any atom is 0.414 e. The molecule has 0 aromatic heterocycles. The Morgan fingerprint density at radius 2 is 1.42 bits per heavy atom. The summed E-state index contributed by atoms with van der Waals surface area (Å²) < 4.78 is 18.1. The first-order chi connectivity index (χ1) is 15.7. The van der Waals surface area contributed by atoms with E-state index in [4.69, 9.17) is 24.5 Å². The molecule has 10 heteroatoms. The molecule has 2 saturated heterocycles. The normalized spacial score (nSPS) is 17.6. The largest absolute Gasteiger partial charge is 0.473 e. The fourth-order valence-electron chi connectivity index (χ4n) is 4.04. The van der Waals surface area contributed by atoms with Crippen molar-refractivity contribution in [1.29, 1.82) is 0 Å². The van der Waals surface area contributed by atoms with Gasteiger partial charge in [0, 0.05) is 25.6 Å². The Morgan fingerprint density at radius 3 is 1.91 bits per heavy atom. The number of carbonyl (C=O) groups excluding carboxylic acids is 2. The van der Waals surface area contributed by atoms with Gasteiger partial charge in [0.25, 0.3) is 0 Å². The summed E-state index contributed by atoms with van der Waals surface area (Å²) >= 11 is 0. The van der Waals surface area contributed by atoms with Crippen LogP contribution >= 0.6 is 0 Å². The van der Waals surface area contributed by atoms with Crippen LogP contribution in [0.1, 0.15) is 38.2 Å². The second-order valence-electron chi connectivity index (χ2n) is 8.14. The second kappa shape index (κ2) is 12.9. The quantitative estimate of drug-likeness (QED) is 0.499. The number of carboxylic acids is 2. The summed E-state index contributed by atoms with van der Waals surface area (Å²) in [6, 6.07) is 6.62. The lowest BCUT2D eigenvalue weighted by atomic mass is 9.92. The van der Waals surface area contributed by atoms with Crippen molar-refractivity contribution in [2.24, 2.45) is 11.8 Å². The van der Waals surface area contributed by atoms with Gasteiger partial charge in [-0.05, 0) is 63.4 Å². The van der Waals surface area contributed by atoms with Gasteiger partial charge in [-0.2, -0.15) is 0 Å². The first kappa shape index (κ1) is 26.2. The molecule has 0 unspecified atom stereocenters. The molecule has 0 atom stereocenters. The molecule has 0 saturated carbocycles. The zero-order valence-corrected chi connectivity index (χ0v) is 18.7. The van der Waals surface area contributed by atoms with Crippen molar-refractivity contribution in [2.75, 3.05) is 32.8 Å². The topological polar surface area (TPSA) is 124 Å². The molecule has 1 aromatic carbocycles. The van der Waals surface area contributed by atoms with Crippen molar-refractivity contribution >= 4 is 23.8 Å². The first-order valence-corrected chi connectivity index (χ1v) is 11.1. The van der Waals surface area contributed by atoms with Crippen LogP contribution in [-0.4, -0.2) is 76.6 Å². The minimum absolute atomic E-state index is 0.0634. The number of aliphatic carboxylic acids is 2. The van der Waals surface area contributed by atoms with E-state index in [-0.39, 0.29) is 29.5 Å². The van der Waals surface area contributed by atoms with Crippen LogP contribution < -0.4 is 0 Å². The zero-order chi connectivity index (χ0) is 24.4. The first-order valence-electron chi connectivity index (χ1n) is 11.1. The molecule has 1 aromatic rings. The van der Waals surface area contributed by atoms with Gasteiger partial charge in [-0.15, -0.1) is 0 Å². The van der Waals surface area contributed by atoms with Crippen LogP contribution in [0.25, 0.3) is 0 Å². The predicted octanol–water partition coefficient (Wildman–Crippen LogP) is 1.99. The van der Waals surface area contributed by atoms with Crippen molar-refractivity contribution in [3.8, 4) is 0 Å². The third-order valence-corrected chi connectivity index (χ3v) is 5.87. The van der Waals surface area contributed by atoms with E-state index in [2.05, 4.69) is 4.90 Å². The number of ether oxygens (including phenoxy) is 1. The van der Waals surface area contributed by atoms with Gasteiger partial charge in [0.15, 0.2) is 0 Å². The molecular formula is C23H31FN2O7. The summed E-state index contributed by atoms with van der Waals surface area (Å²) in [7, 11) is 0. The Kier molecular flexibility index (Phi) is 10.2. The van der Waals surface area contributed by atoms with E-state index in [0.717, 1.165) is 38.0 Å². The molecule has 0 aliphatic carbocycles. The van der Waals surface area contributed by atoms with Gasteiger partial charge >= 0.3 is 17.9 Å². The van der Waals surface area contributed by atoms with Crippen LogP contribution in [0.2, 0.25) is 0 Å². The fraction of sp³-hybridized carbons (Fsp3) is 0.565. The number of halogens is 1. The average Bonchev–Trinajstić information content (AvgIpc) is 2.81. The minimum Gasteiger partial charge on any atom is -0.473 e. The molecule has 0 spiro atoms. The minimum atomic E-state index is -1.82. The number of nitrogens with zero attached hydrogens (tertiary/aromatic N) is 2. The molecule has 1 amide bonds. The van der Waals surface area contributed by atoms with E-state index in [9.17, 15) is 14.0 Å². The molecule has 2 heterocycles. The summed E-state index contributed by atoms with van der Waals surface area (Å²) in [5, 5.41) is 14.8. The number of carboxylic acid groups (broad SMARTS) is 2. The van der Waals surface area contributed by atoms with E-state index >= 15 is 0 Å². The summed E-state index contributed by atoms with van der Waals surface area (Å²) in [6.07, 6.45) is 3.12. The number of likely N-dealkylation sites (tertiary alicyclic amines) is 2. The summed E-state index contributed by atoms with van der Waals surface area (Å²) in [5.74, 6) is -3.74. The maximum absolute atomic E-state index is 13.0. The van der Waals surface area contributed by atoms with E-state index < -0.39 is 11.9 Å². The average molecular weight is 467 g/mol. The van der Waals surface area contributed by atoms with E-state index in [1.54, 1.807) is 0 Å². The van der Waals surface area contributed by atoms with Crippen molar-refractivity contribution in [3.63, 3.8) is 0 Å². The van der Waals surface area contributed by atoms with Gasteiger partial charge in [0.2, 0.25) is 5.91 Å². The van der Waals surface area contributed by atoms with Crippen LogP contribution in [0.4, 0.5) is 4.39 Å². The summed E-state index contributed by atoms with van der Waals surface area (Å²) in [5.41, 5.74) is 1.10.